The molecule has 5 heteroatoms. The predicted octanol–water partition coefficient (Wildman–Crippen LogP) is 3.84. The Morgan fingerprint density at radius 3 is 2.67 bits per heavy atom. The quantitative estimate of drug-likeness (QED) is 0.781. The van der Waals surface area contributed by atoms with E-state index >= 15 is 0 Å². The van der Waals surface area contributed by atoms with Crippen LogP contribution in [0.1, 0.15) is 21.5 Å². The number of thiophene rings is 1. The summed E-state index contributed by atoms with van der Waals surface area (Å²) in [6.45, 7) is 3.50. The van der Waals surface area contributed by atoms with Gasteiger partial charge in [0.25, 0.3) is 0 Å². The van der Waals surface area contributed by atoms with Gasteiger partial charge in [-0.1, -0.05) is 6.07 Å². The molecule has 3 aromatic rings. The van der Waals surface area contributed by atoms with Gasteiger partial charge in [0.2, 0.25) is 0 Å². The topological polar surface area (TPSA) is 67.5 Å². The molecule has 0 atom stereocenters. The van der Waals surface area contributed by atoms with Crippen LogP contribution in [-0.4, -0.2) is 11.1 Å². The van der Waals surface area contributed by atoms with E-state index in [4.69, 9.17) is 4.42 Å². The fourth-order valence-corrected chi connectivity index (χ4v) is 2.99. The Morgan fingerprint density at radius 1 is 1.29 bits per heavy atom. The van der Waals surface area contributed by atoms with E-state index in [1.165, 1.54) is 17.4 Å². The Labute approximate surface area is 124 Å². The van der Waals surface area contributed by atoms with E-state index in [9.17, 15) is 14.7 Å². The van der Waals surface area contributed by atoms with Crippen molar-refractivity contribution in [3.8, 4) is 10.6 Å². The molecule has 1 N–H and O–H groups in total. The Kier molecular flexibility index (Phi) is 3.14. The van der Waals surface area contributed by atoms with E-state index in [-0.39, 0.29) is 16.6 Å². The first-order chi connectivity index (χ1) is 9.99. The predicted molar refractivity (Wildman–Crippen MR) is 82.2 cm³/mol. The average molecular weight is 300 g/mol. The molecule has 4 nitrogen and oxygen atoms in total. The minimum atomic E-state index is -1.09. The standard InChI is InChI=1S/C16H12O4S/c1-8-6-10-11(17)7-12(13-4-3-5-21-13)20-15(10)14(9(8)2)16(18)19/h3-7H,1-2H3,(H,18,19). The molecule has 106 valence electrons. The maximum absolute atomic E-state index is 12.3. The van der Waals surface area contributed by atoms with E-state index in [2.05, 4.69) is 0 Å². The molecular formula is C16H12O4S. The second kappa shape index (κ2) is 4.86. The number of carbonyl (C=O) groups is 1. The molecular weight excluding hydrogens is 288 g/mol. The highest BCUT2D eigenvalue weighted by Gasteiger charge is 2.19. The van der Waals surface area contributed by atoms with Crippen molar-refractivity contribution in [2.45, 2.75) is 13.8 Å². The van der Waals surface area contributed by atoms with Crippen molar-refractivity contribution in [3.05, 3.63) is 56.6 Å². The third kappa shape index (κ3) is 2.15. The van der Waals surface area contributed by atoms with Crippen LogP contribution >= 0.6 is 11.3 Å². The Balaban J connectivity index is 2.46. The van der Waals surface area contributed by atoms with Crippen LogP contribution in [0.5, 0.6) is 0 Å². The van der Waals surface area contributed by atoms with Crippen LogP contribution in [0.15, 0.2) is 38.9 Å². The number of carboxylic acids is 1. The zero-order valence-corrected chi connectivity index (χ0v) is 12.3. The summed E-state index contributed by atoms with van der Waals surface area (Å²) in [7, 11) is 0. The lowest BCUT2D eigenvalue weighted by atomic mass is 9.99. The molecule has 0 aliphatic heterocycles. The molecule has 2 heterocycles. The fraction of sp³-hybridized carbons (Fsp3) is 0.125. The maximum atomic E-state index is 12.3. The number of aryl methyl sites for hydroxylation is 1. The molecule has 0 amide bonds. The normalized spacial score (nSPS) is 11.0. The molecule has 1 aromatic carbocycles. The molecule has 0 spiro atoms. The summed E-state index contributed by atoms with van der Waals surface area (Å²) in [5.41, 5.74) is 1.34. The van der Waals surface area contributed by atoms with Crippen molar-refractivity contribution in [2.75, 3.05) is 0 Å². The van der Waals surface area contributed by atoms with E-state index in [1.807, 2.05) is 17.5 Å². The van der Waals surface area contributed by atoms with Crippen LogP contribution in [0.4, 0.5) is 0 Å². The van der Waals surface area contributed by atoms with Gasteiger partial charge in [0.15, 0.2) is 11.0 Å². The number of benzene rings is 1. The molecule has 0 radical (unpaired) electrons. The van der Waals surface area contributed by atoms with Gasteiger partial charge in [-0.05, 0) is 42.5 Å². The molecule has 0 bridgehead atoms. The van der Waals surface area contributed by atoms with Crippen LogP contribution in [0.25, 0.3) is 21.6 Å². The zero-order chi connectivity index (χ0) is 15.1. The summed E-state index contributed by atoms with van der Waals surface area (Å²) in [6, 6.07) is 6.77. The Morgan fingerprint density at radius 2 is 2.05 bits per heavy atom. The minimum absolute atomic E-state index is 0.0560. The van der Waals surface area contributed by atoms with E-state index in [0.717, 1.165) is 10.4 Å². The van der Waals surface area contributed by atoms with Crippen molar-refractivity contribution in [1.29, 1.82) is 0 Å². The summed E-state index contributed by atoms with van der Waals surface area (Å²) in [5.74, 6) is -0.694. The highest BCUT2D eigenvalue weighted by Crippen LogP contribution is 2.30. The monoisotopic (exact) mass is 300 g/mol. The average Bonchev–Trinajstić information content (AvgIpc) is 2.94. The van der Waals surface area contributed by atoms with E-state index in [1.54, 1.807) is 19.9 Å². The first kappa shape index (κ1) is 13.6. The molecule has 2 aromatic heterocycles. The van der Waals surface area contributed by atoms with Gasteiger partial charge in [0.1, 0.15) is 11.3 Å². The number of carboxylic acid groups (broad SMARTS) is 1. The number of hydrogen-bond acceptors (Lipinski definition) is 4. The van der Waals surface area contributed by atoms with E-state index < -0.39 is 5.97 Å². The smallest absolute Gasteiger partial charge is 0.339 e. The summed E-state index contributed by atoms with van der Waals surface area (Å²) < 4.78 is 5.74. The van der Waals surface area contributed by atoms with Gasteiger partial charge < -0.3 is 9.52 Å². The first-order valence-electron chi connectivity index (χ1n) is 6.34. The zero-order valence-electron chi connectivity index (χ0n) is 11.5. The molecule has 0 aliphatic carbocycles. The van der Waals surface area contributed by atoms with Crippen LogP contribution in [0, 0.1) is 13.8 Å². The van der Waals surface area contributed by atoms with Gasteiger partial charge in [-0.25, -0.2) is 4.79 Å². The fourth-order valence-electron chi connectivity index (χ4n) is 2.32. The highest BCUT2D eigenvalue weighted by atomic mass is 32.1. The lowest BCUT2D eigenvalue weighted by molar-refractivity contribution is 0.0697. The summed E-state index contributed by atoms with van der Waals surface area (Å²) in [4.78, 5) is 24.6. The first-order valence-corrected chi connectivity index (χ1v) is 7.22. The third-order valence-electron chi connectivity index (χ3n) is 3.52. The molecule has 3 rings (SSSR count). The molecule has 0 saturated carbocycles. The highest BCUT2D eigenvalue weighted by molar-refractivity contribution is 7.13. The van der Waals surface area contributed by atoms with Gasteiger partial charge in [-0.15, -0.1) is 11.3 Å². The van der Waals surface area contributed by atoms with Crippen LogP contribution in [0.3, 0.4) is 0 Å². The Hall–Kier alpha value is -2.40. The molecule has 0 fully saturated rings. The third-order valence-corrected chi connectivity index (χ3v) is 4.40. The van der Waals surface area contributed by atoms with Crippen molar-refractivity contribution in [2.24, 2.45) is 0 Å². The van der Waals surface area contributed by atoms with Crippen molar-refractivity contribution >= 4 is 28.3 Å². The number of aromatic carboxylic acids is 1. The summed E-state index contributed by atoms with van der Waals surface area (Å²) in [6.07, 6.45) is 0. The minimum Gasteiger partial charge on any atom is -0.478 e. The van der Waals surface area contributed by atoms with Crippen molar-refractivity contribution < 1.29 is 14.3 Å². The van der Waals surface area contributed by atoms with Gasteiger partial charge in [0, 0.05) is 6.07 Å². The molecule has 0 saturated heterocycles. The summed E-state index contributed by atoms with van der Waals surface area (Å²) in [5, 5.41) is 11.6. The van der Waals surface area contributed by atoms with Crippen LogP contribution in [-0.2, 0) is 0 Å². The van der Waals surface area contributed by atoms with E-state index in [0.29, 0.717) is 16.7 Å². The van der Waals surface area contributed by atoms with Gasteiger partial charge >= 0.3 is 5.97 Å². The molecule has 21 heavy (non-hydrogen) atoms. The maximum Gasteiger partial charge on any atom is 0.339 e. The molecule has 0 aliphatic rings. The van der Waals surface area contributed by atoms with Crippen molar-refractivity contribution in [1.82, 2.24) is 0 Å². The van der Waals surface area contributed by atoms with Crippen LogP contribution in [0.2, 0.25) is 0 Å². The largest absolute Gasteiger partial charge is 0.478 e. The lowest BCUT2D eigenvalue weighted by Gasteiger charge is -2.09. The number of rotatable bonds is 2. The van der Waals surface area contributed by atoms with Crippen LogP contribution < -0.4 is 5.43 Å². The van der Waals surface area contributed by atoms with Gasteiger partial charge in [0.05, 0.1) is 10.3 Å². The second-order valence-electron chi connectivity index (χ2n) is 4.83. The summed E-state index contributed by atoms with van der Waals surface area (Å²) >= 11 is 1.43. The Bertz CT molecular complexity index is 904. The molecule has 0 unspecified atom stereocenters. The number of hydrogen-bond donors (Lipinski definition) is 1. The second-order valence-corrected chi connectivity index (χ2v) is 5.78. The SMILES string of the molecule is Cc1cc2c(=O)cc(-c3cccs3)oc2c(C(=O)O)c1C. The number of fused-ring (bicyclic) bond motifs is 1. The lowest BCUT2D eigenvalue weighted by Crippen LogP contribution is -2.08. The van der Waals surface area contributed by atoms with Gasteiger partial charge in [-0.2, -0.15) is 0 Å². The van der Waals surface area contributed by atoms with Crippen molar-refractivity contribution in [3.63, 3.8) is 0 Å². The van der Waals surface area contributed by atoms with Gasteiger partial charge in [-0.3, -0.25) is 4.79 Å².